The van der Waals surface area contributed by atoms with Crippen LogP contribution in [0.1, 0.15) is 17.2 Å². The Bertz CT molecular complexity index is 559. The highest BCUT2D eigenvalue weighted by Crippen LogP contribution is 2.07. The van der Waals surface area contributed by atoms with Gasteiger partial charge >= 0.3 is 0 Å². The Morgan fingerprint density at radius 3 is 2.95 bits per heavy atom. The van der Waals surface area contributed by atoms with E-state index >= 15 is 0 Å². The van der Waals surface area contributed by atoms with Crippen LogP contribution >= 0.6 is 0 Å². The largest absolute Gasteiger partial charge is 0.462 e. The Kier molecular flexibility index (Phi) is 4.50. The zero-order chi connectivity index (χ0) is 13.5. The van der Waals surface area contributed by atoms with Gasteiger partial charge in [0.05, 0.1) is 0 Å². The zero-order valence-corrected chi connectivity index (χ0v) is 10.8. The van der Waals surface area contributed by atoms with Gasteiger partial charge in [-0.15, -0.1) is 0 Å². The van der Waals surface area contributed by atoms with E-state index in [0.29, 0.717) is 12.3 Å². The topological polar surface area (TPSA) is 55.1 Å². The Morgan fingerprint density at radius 1 is 1.37 bits per heavy atom. The van der Waals surface area contributed by atoms with E-state index in [2.05, 4.69) is 10.3 Å². The molecule has 1 amide bonds. The van der Waals surface area contributed by atoms with Crippen LogP contribution in [0.5, 0.6) is 0 Å². The minimum atomic E-state index is -0.134. The number of furan rings is 1. The normalized spacial score (nSPS) is 10.8. The van der Waals surface area contributed by atoms with Gasteiger partial charge in [0.25, 0.3) is 0 Å². The number of aryl methyl sites for hydroxylation is 1. The maximum atomic E-state index is 11.6. The first-order chi connectivity index (χ1) is 9.24. The van der Waals surface area contributed by atoms with Gasteiger partial charge in [-0.2, -0.15) is 0 Å². The van der Waals surface area contributed by atoms with Crippen molar-refractivity contribution < 1.29 is 9.21 Å². The van der Waals surface area contributed by atoms with Crippen LogP contribution in [-0.2, 0) is 11.2 Å². The van der Waals surface area contributed by atoms with Crippen LogP contribution in [0.3, 0.4) is 0 Å². The van der Waals surface area contributed by atoms with Gasteiger partial charge in [-0.1, -0.05) is 6.07 Å². The molecular formula is C15H16N2O2. The quantitative estimate of drug-likeness (QED) is 0.835. The summed E-state index contributed by atoms with van der Waals surface area (Å²) in [7, 11) is 0. The van der Waals surface area contributed by atoms with Crippen LogP contribution in [-0.4, -0.2) is 17.4 Å². The predicted octanol–water partition coefficient (Wildman–Crippen LogP) is 2.36. The van der Waals surface area contributed by atoms with Crippen LogP contribution < -0.4 is 5.32 Å². The number of rotatable bonds is 5. The van der Waals surface area contributed by atoms with E-state index in [4.69, 9.17) is 4.42 Å². The van der Waals surface area contributed by atoms with Crippen molar-refractivity contribution in [2.24, 2.45) is 0 Å². The van der Waals surface area contributed by atoms with Gasteiger partial charge in [-0.3, -0.25) is 9.78 Å². The Hall–Kier alpha value is -2.36. The van der Waals surface area contributed by atoms with Gasteiger partial charge in [0.2, 0.25) is 5.91 Å². The SMILES string of the molecule is Cc1ccc(/C=C/C(=O)NCCc2ccccn2)o1. The average Bonchev–Trinajstić information content (AvgIpc) is 2.83. The fraction of sp³-hybridized carbons (Fsp3) is 0.200. The van der Waals surface area contributed by atoms with E-state index in [0.717, 1.165) is 17.9 Å². The second-order valence-corrected chi connectivity index (χ2v) is 4.14. The van der Waals surface area contributed by atoms with Crippen LogP contribution in [0.4, 0.5) is 0 Å². The number of aromatic nitrogens is 1. The lowest BCUT2D eigenvalue weighted by Gasteiger charge is -2.01. The molecule has 2 aromatic heterocycles. The molecule has 1 N–H and O–H groups in total. The number of carbonyl (C=O) groups excluding carboxylic acids is 1. The Balaban J connectivity index is 1.74. The van der Waals surface area contributed by atoms with Gasteiger partial charge in [0.1, 0.15) is 11.5 Å². The molecule has 0 unspecified atom stereocenters. The highest BCUT2D eigenvalue weighted by atomic mass is 16.3. The number of carbonyl (C=O) groups is 1. The molecule has 2 rings (SSSR count). The zero-order valence-electron chi connectivity index (χ0n) is 10.8. The minimum Gasteiger partial charge on any atom is -0.462 e. The van der Waals surface area contributed by atoms with Crippen molar-refractivity contribution in [1.29, 1.82) is 0 Å². The molecule has 0 aliphatic heterocycles. The lowest BCUT2D eigenvalue weighted by molar-refractivity contribution is -0.116. The van der Waals surface area contributed by atoms with Crippen molar-refractivity contribution in [3.05, 3.63) is 59.8 Å². The molecule has 4 nitrogen and oxygen atoms in total. The Morgan fingerprint density at radius 2 is 2.26 bits per heavy atom. The third-order valence-corrected chi connectivity index (χ3v) is 2.57. The summed E-state index contributed by atoms with van der Waals surface area (Å²) >= 11 is 0. The summed E-state index contributed by atoms with van der Waals surface area (Å²) in [5.74, 6) is 1.37. The van der Waals surface area contributed by atoms with E-state index in [9.17, 15) is 4.79 Å². The van der Waals surface area contributed by atoms with Crippen molar-refractivity contribution >= 4 is 12.0 Å². The lowest BCUT2D eigenvalue weighted by Crippen LogP contribution is -2.23. The van der Waals surface area contributed by atoms with Crippen molar-refractivity contribution in [1.82, 2.24) is 10.3 Å². The standard InChI is InChI=1S/C15H16N2O2/c1-12-5-6-14(19-12)7-8-15(18)17-11-9-13-4-2-3-10-16-13/h2-8,10H,9,11H2,1H3,(H,17,18)/b8-7+. The minimum absolute atomic E-state index is 0.134. The van der Waals surface area contributed by atoms with Gasteiger partial charge in [-0.25, -0.2) is 0 Å². The molecule has 0 spiro atoms. The smallest absolute Gasteiger partial charge is 0.244 e. The first kappa shape index (κ1) is 13.1. The summed E-state index contributed by atoms with van der Waals surface area (Å²) in [4.78, 5) is 15.7. The number of pyridine rings is 1. The van der Waals surface area contributed by atoms with Gasteiger partial charge in [-0.05, 0) is 37.3 Å². The summed E-state index contributed by atoms with van der Waals surface area (Å²) in [6, 6.07) is 9.43. The lowest BCUT2D eigenvalue weighted by atomic mass is 10.3. The van der Waals surface area contributed by atoms with Crippen molar-refractivity contribution in [2.45, 2.75) is 13.3 Å². The molecule has 0 radical (unpaired) electrons. The number of hydrogen-bond donors (Lipinski definition) is 1. The van der Waals surface area contributed by atoms with E-state index in [1.165, 1.54) is 6.08 Å². The highest BCUT2D eigenvalue weighted by Gasteiger charge is 1.98. The van der Waals surface area contributed by atoms with Crippen LogP contribution in [0, 0.1) is 6.92 Å². The number of nitrogens with zero attached hydrogens (tertiary/aromatic N) is 1. The molecule has 19 heavy (non-hydrogen) atoms. The fourth-order valence-electron chi connectivity index (χ4n) is 1.62. The monoisotopic (exact) mass is 256 g/mol. The van der Waals surface area contributed by atoms with Crippen molar-refractivity contribution in [2.75, 3.05) is 6.54 Å². The van der Waals surface area contributed by atoms with Crippen molar-refractivity contribution in [3.63, 3.8) is 0 Å². The van der Waals surface area contributed by atoms with Crippen LogP contribution in [0.25, 0.3) is 6.08 Å². The van der Waals surface area contributed by atoms with Crippen molar-refractivity contribution in [3.8, 4) is 0 Å². The Labute approximate surface area is 112 Å². The second kappa shape index (κ2) is 6.54. The number of hydrogen-bond acceptors (Lipinski definition) is 3. The molecule has 98 valence electrons. The molecule has 2 aromatic rings. The third kappa shape index (κ3) is 4.43. The summed E-state index contributed by atoms with van der Waals surface area (Å²) in [5.41, 5.74) is 0.966. The number of amides is 1. The molecule has 0 saturated heterocycles. The van der Waals surface area contributed by atoms with Crippen LogP contribution in [0.2, 0.25) is 0 Å². The molecule has 0 fully saturated rings. The molecule has 0 atom stereocenters. The second-order valence-electron chi connectivity index (χ2n) is 4.14. The molecule has 0 saturated carbocycles. The van der Waals surface area contributed by atoms with Gasteiger partial charge in [0.15, 0.2) is 0 Å². The molecule has 0 aliphatic rings. The summed E-state index contributed by atoms with van der Waals surface area (Å²) in [6.45, 7) is 2.43. The molecule has 4 heteroatoms. The van der Waals surface area contributed by atoms with Crippen LogP contribution in [0.15, 0.2) is 47.0 Å². The van der Waals surface area contributed by atoms with Gasteiger partial charge < -0.3 is 9.73 Å². The maximum absolute atomic E-state index is 11.6. The van der Waals surface area contributed by atoms with Gasteiger partial charge in [0, 0.05) is 30.9 Å². The summed E-state index contributed by atoms with van der Waals surface area (Å²) in [5, 5.41) is 2.80. The predicted molar refractivity (Wildman–Crippen MR) is 73.4 cm³/mol. The average molecular weight is 256 g/mol. The first-order valence-electron chi connectivity index (χ1n) is 6.16. The van der Waals surface area contributed by atoms with E-state index in [1.54, 1.807) is 12.3 Å². The summed E-state index contributed by atoms with van der Waals surface area (Å²) in [6.07, 6.45) is 5.59. The van der Waals surface area contributed by atoms with E-state index in [-0.39, 0.29) is 5.91 Å². The third-order valence-electron chi connectivity index (χ3n) is 2.57. The fourth-order valence-corrected chi connectivity index (χ4v) is 1.62. The van der Waals surface area contributed by atoms with E-state index in [1.807, 2.05) is 37.3 Å². The maximum Gasteiger partial charge on any atom is 0.244 e. The highest BCUT2D eigenvalue weighted by molar-refractivity contribution is 5.91. The molecule has 0 aromatic carbocycles. The molecule has 0 bridgehead atoms. The molecule has 0 aliphatic carbocycles. The first-order valence-corrected chi connectivity index (χ1v) is 6.16. The molecule has 2 heterocycles. The summed E-state index contributed by atoms with van der Waals surface area (Å²) < 4.78 is 5.33. The number of nitrogens with one attached hydrogen (secondary N) is 1. The molecular weight excluding hydrogens is 240 g/mol. The van der Waals surface area contributed by atoms with E-state index < -0.39 is 0 Å².